The minimum Gasteiger partial charge on any atom is -0.494 e. The molecule has 0 radical (unpaired) electrons. The van der Waals surface area contributed by atoms with Gasteiger partial charge in [-0.2, -0.15) is 0 Å². The van der Waals surface area contributed by atoms with Gasteiger partial charge in [-0.1, -0.05) is 30.3 Å². The standard InChI is InChI=1S/C17H16N2O2/c1-12-16(21-2)14-9-6-10-19(17(14)18-12)11-15(20)13-7-4-3-5-8-13/h3-10H,11H2,1-2H3. The van der Waals surface area contributed by atoms with Gasteiger partial charge < -0.3 is 9.30 Å². The first kappa shape index (κ1) is 13.4. The Morgan fingerprint density at radius 1 is 1.19 bits per heavy atom. The highest BCUT2D eigenvalue weighted by Crippen LogP contribution is 2.34. The van der Waals surface area contributed by atoms with Crippen LogP contribution in [0.3, 0.4) is 0 Å². The number of Topliss-reactive ketones (excluding diaryl/α,β-unsaturated/α-hetero) is 1. The highest BCUT2D eigenvalue weighted by atomic mass is 16.5. The van der Waals surface area contributed by atoms with Gasteiger partial charge in [0, 0.05) is 11.8 Å². The normalized spacial score (nSPS) is 10.8. The zero-order valence-electron chi connectivity index (χ0n) is 12.0. The van der Waals surface area contributed by atoms with Crippen molar-refractivity contribution in [3.05, 3.63) is 59.9 Å². The van der Waals surface area contributed by atoms with Gasteiger partial charge in [0.1, 0.15) is 5.82 Å². The number of hydrogen-bond acceptors (Lipinski definition) is 3. The van der Waals surface area contributed by atoms with Crippen molar-refractivity contribution in [3.63, 3.8) is 0 Å². The van der Waals surface area contributed by atoms with Gasteiger partial charge in [0.15, 0.2) is 11.5 Å². The minimum atomic E-state index is 0.0627. The predicted octanol–water partition coefficient (Wildman–Crippen LogP) is 3.19. The second-order valence-electron chi connectivity index (χ2n) is 4.89. The number of fused-ring (bicyclic) bond motifs is 1. The number of nitrogens with zero attached hydrogens (tertiary/aromatic N) is 2. The summed E-state index contributed by atoms with van der Waals surface area (Å²) in [7, 11) is 1.63. The average Bonchev–Trinajstić information content (AvgIpc) is 2.84. The van der Waals surface area contributed by atoms with E-state index in [1.807, 2.05) is 60.2 Å². The molecule has 0 aliphatic carbocycles. The molecule has 1 aromatic rings. The number of ketones is 1. The van der Waals surface area contributed by atoms with Crippen LogP contribution >= 0.6 is 0 Å². The molecule has 0 N–H and O–H groups in total. The molecule has 21 heavy (non-hydrogen) atoms. The molecule has 2 aliphatic rings. The lowest BCUT2D eigenvalue weighted by Crippen LogP contribution is -2.12. The van der Waals surface area contributed by atoms with Crippen molar-refractivity contribution in [1.82, 2.24) is 9.55 Å². The summed E-state index contributed by atoms with van der Waals surface area (Å²) in [5, 5.41) is 0. The van der Waals surface area contributed by atoms with E-state index in [9.17, 15) is 4.79 Å². The predicted molar refractivity (Wildman–Crippen MR) is 80.9 cm³/mol. The molecule has 3 rings (SSSR count). The number of benzene rings is 1. The zero-order valence-corrected chi connectivity index (χ0v) is 12.0. The summed E-state index contributed by atoms with van der Waals surface area (Å²) < 4.78 is 7.24. The summed E-state index contributed by atoms with van der Waals surface area (Å²) in [6.07, 6.45) is 1.87. The zero-order chi connectivity index (χ0) is 14.8. The highest BCUT2D eigenvalue weighted by Gasteiger charge is 2.19. The lowest BCUT2D eigenvalue weighted by molar-refractivity contribution is 0.0972. The topological polar surface area (TPSA) is 44.1 Å². The second kappa shape index (κ2) is 5.40. The summed E-state index contributed by atoms with van der Waals surface area (Å²) in [6, 6.07) is 13.2. The van der Waals surface area contributed by atoms with Gasteiger partial charge in [0.05, 0.1) is 24.9 Å². The molecule has 0 unspecified atom stereocenters. The van der Waals surface area contributed by atoms with Crippen LogP contribution in [0, 0.1) is 6.92 Å². The van der Waals surface area contributed by atoms with E-state index in [-0.39, 0.29) is 12.3 Å². The molecule has 0 amide bonds. The Morgan fingerprint density at radius 3 is 2.67 bits per heavy atom. The van der Waals surface area contributed by atoms with Crippen LogP contribution in [0.2, 0.25) is 0 Å². The molecule has 0 spiro atoms. The summed E-state index contributed by atoms with van der Waals surface area (Å²) >= 11 is 0. The lowest BCUT2D eigenvalue weighted by Gasteiger charge is -2.11. The van der Waals surface area contributed by atoms with E-state index in [2.05, 4.69) is 4.98 Å². The van der Waals surface area contributed by atoms with Crippen molar-refractivity contribution in [1.29, 1.82) is 0 Å². The maximum absolute atomic E-state index is 12.3. The molecular formula is C17H16N2O2. The molecule has 0 atom stereocenters. The largest absolute Gasteiger partial charge is 0.494 e. The van der Waals surface area contributed by atoms with E-state index >= 15 is 0 Å². The molecule has 0 fully saturated rings. The Kier molecular flexibility index (Phi) is 3.44. The number of carbonyl (C=O) groups excluding carboxylic acids is 1. The van der Waals surface area contributed by atoms with E-state index in [1.165, 1.54) is 0 Å². The maximum Gasteiger partial charge on any atom is 0.182 e. The van der Waals surface area contributed by atoms with Crippen LogP contribution in [0.15, 0.2) is 48.7 Å². The van der Waals surface area contributed by atoms with Crippen molar-refractivity contribution in [2.24, 2.45) is 0 Å². The van der Waals surface area contributed by atoms with Gasteiger partial charge in [-0.05, 0) is 19.1 Å². The van der Waals surface area contributed by atoms with E-state index in [0.29, 0.717) is 5.56 Å². The van der Waals surface area contributed by atoms with Gasteiger partial charge in [-0.15, -0.1) is 0 Å². The van der Waals surface area contributed by atoms with Crippen molar-refractivity contribution in [2.45, 2.75) is 13.5 Å². The first-order valence-corrected chi connectivity index (χ1v) is 6.78. The number of hydrogen-bond donors (Lipinski definition) is 0. The fourth-order valence-electron chi connectivity index (χ4n) is 2.50. The van der Waals surface area contributed by atoms with Crippen LogP contribution in [0.5, 0.6) is 5.75 Å². The second-order valence-corrected chi connectivity index (χ2v) is 4.89. The maximum atomic E-state index is 12.3. The summed E-state index contributed by atoms with van der Waals surface area (Å²) in [5.41, 5.74) is 2.47. The number of rotatable bonds is 4. The average molecular weight is 280 g/mol. The first-order chi connectivity index (χ1) is 10.2. The van der Waals surface area contributed by atoms with Crippen molar-refractivity contribution in [2.75, 3.05) is 7.11 Å². The number of aryl methyl sites for hydroxylation is 1. The Bertz CT molecular complexity index is 747. The number of pyridine rings is 1. The molecule has 0 saturated heterocycles. The van der Waals surface area contributed by atoms with Crippen LogP contribution in [-0.2, 0) is 6.54 Å². The van der Waals surface area contributed by atoms with E-state index in [0.717, 1.165) is 22.8 Å². The number of methoxy groups -OCH3 is 1. The molecule has 0 aromatic heterocycles. The van der Waals surface area contributed by atoms with Crippen molar-refractivity contribution < 1.29 is 9.53 Å². The van der Waals surface area contributed by atoms with Gasteiger partial charge in [-0.25, -0.2) is 4.98 Å². The fraction of sp³-hybridized carbons (Fsp3) is 0.176. The molecule has 4 heteroatoms. The monoisotopic (exact) mass is 280 g/mol. The molecule has 106 valence electrons. The Morgan fingerprint density at radius 2 is 1.95 bits per heavy atom. The smallest absolute Gasteiger partial charge is 0.182 e. The van der Waals surface area contributed by atoms with Crippen LogP contribution in [-0.4, -0.2) is 22.4 Å². The van der Waals surface area contributed by atoms with Crippen LogP contribution in [0.25, 0.3) is 11.4 Å². The fourth-order valence-corrected chi connectivity index (χ4v) is 2.50. The van der Waals surface area contributed by atoms with Crippen LogP contribution in [0.1, 0.15) is 16.1 Å². The van der Waals surface area contributed by atoms with Crippen LogP contribution < -0.4 is 4.74 Å². The molecule has 2 aliphatic heterocycles. The van der Waals surface area contributed by atoms with Crippen molar-refractivity contribution in [3.8, 4) is 17.1 Å². The summed E-state index contributed by atoms with van der Waals surface area (Å²) in [6.45, 7) is 2.17. The number of aromatic nitrogens is 2. The molecular weight excluding hydrogens is 264 g/mol. The first-order valence-electron chi connectivity index (χ1n) is 6.78. The number of carbonyl (C=O) groups is 1. The lowest BCUT2D eigenvalue weighted by atomic mass is 10.1. The quantitative estimate of drug-likeness (QED) is 0.689. The molecule has 1 aromatic carbocycles. The highest BCUT2D eigenvalue weighted by molar-refractivity contribution is 5.96. The van der Waals surface area contributed by atoms with Gasteiger partial charge >= 0.3 is 0 Å². The minimum absolute atomic E-state index is 0.0627. The third-order valence-electron chi connectivity index (χ3n) is 3.50. The van der Waals surface area contributed by atoms with E-state index in [1.54, 1.807) is 7.11 Å². The van der Waals surface area contributed by atoms with Gasteiger partial charge in [-0.3, -0.25) is 4.79 Å². The molecule has 0 bridgehead atoms. The van der Waals surface area contributed by atoms with Crippen molar-refractivity contribution >= 4 is 5.78 Å². The molecule has 2 heterocycles. The van der Waals surface area contributed by atoms with Crippen LogP contribution in [0.4, 0.5) is 0 Å². The summed E-state index contributed by atoms with van der Waals surface area (Å²) in [5.74, 6) is 1.61. The van der Waals surface area contributed by atoms with E-state index < -0.39 is 0 Å². The van der Waals surface area contributed by atoms with Gasteiger partial charge in [0.2, 0.25) is 0 Å². The Labute approximate surface area is 123 Å². The summed E-state index contributed by atoms with van der Waals surface area (Å²) in [4.78, 5) is 16.9. The number of ether oxygens (including phenoxy) is 1. The Hall–Kier alpha value is -2.62. The Balaban J connectivity index is 1.95. The molecule has 4 nitrogen and oxygen atoms in total. The third kappa shape index (κ3) is 2.40. The van der Waals surface area contributed by atoms with Gasteiger partial charge in [0.25, 0.3) is 0 Å². The SMILES string of the molecule is COc1c2cccn(CC(=O)c3ccccc3)c-2nc1C. The third-order valence-corrected chi connectivity index (χ3v) is 3.50. The molecule has 0 saturated carbocycles. The van der Waals surface area contributed by atoms with E-state index in [4.69, 9.17) is 4.74 Å².